The second-order valence-electron chi connectivity index (χ2n) is 5.06. The summed E-state index contributed by atoms with van der Waals surface area (Å²) in [6, 6.07) is 7.28. The summed E-state index contributed by atoms with van der Waals surface area (Å²) in [6.45, 7) is 7.55. The first-order chi connectivity index (χ1) is 10.2. The molecule has 0 atom stereocenters. The summed E-state index contributed by atoms with van der Waals surface area (Å²) >= 11 is 5.80. The lowest BCUT2D eigenvalue weighted by Crippen LogP contribution is -2.48. The van der Waals surface area contributed by atoms with Crippen molar-refractivity contribution in [1.82, 2.24) is 15.2 Å². The lowest BCUT2D eigenvalue weighted by molar-refractivity contribution is -0.122. The number of hydrogen-bond acceptors (Lipinski definition) is 4. The monoisotopic (exact) mass is 308 g/mol. The van der Waals surface area contributed by atoms with Crippen LogP contribution in [0.3, 0.4) is 0 Å². The van der Waals surface area contributed by atoms with Crippen LogP contribution in [0.2, 0.25) is 5.02 Å². The highest BCUT2D eigenvalue weighted by Crippen LogP contribution is 2.07. The Hall–Kier alpha value is -1.43. The average Bonchev–Trinajstić information content (AvgIpc) is 2.50. The van der Waals surface area contributed by atoms with Crippen molar-refractivity contribution in [1.29, 1.82) is 0 Å². The molecule has 5 nitrogen and oxygen atoms in total. The van der Waals surface area contributed by atoms with Gasteiger partial charge < -0.3 is 4.90 Å². The number of benzene rings is 1. The second kappa shape index (κ2) is 8.12. The number of hydrazone groups is 1. The van der Waals surface area contributed by atoms with Gasteiger partial charge in [0.15, 0.2) is 0 Å². The summed E-state index contributed by atoms with van der Waals surface area (Å²) < 4.78 is 0. The van der Waals surface area contributed by atoms with Crippen molar-refractivity contribution in [2.45, 2.75) is 6.92 Å². The molecule has 1 amide bonds. The van der Waals surface area contributed by atoms with Gasteiger partial charge in [-0.2, -0.15) is 5.10 Å². The van der Waals surface area contributed by atoms with Crippen molar-refractivity contribution >= 4 is 23.7 Å². The number of likely N-dealkylation sites (N-methyl/N-ethyl adjacent to an activating group) is 1. The van der Waals surface area contributed by atoms with Gasteiger partial charge in [0.25, 0.3) is 5.91 Å². The number of nitrogens with zero attached hydrogens (tertiary/aromatic N) is 3. The summed E-state index contributed by atoms with van der Waals surface area (Å²) in [5.41, 5.74) is 3.46. The van der Waals surface area contributed by atoms with Gasteiger partial charge in [-0.1, -0.05) is 30.7 Å². The third-order valence-corrected chi connectivity index (χ3v) is 3.80. The number of rotatable bonds is 5. The lowest BCUT2D eigenvalue weighted by Gasteiger charge is -2.33. The van der Waals surface area contributed by atoms with Gasteiger partial charge in [-0.05, 0) is 24.2 Å². The molecule has 6 heteroatoms. The standard InChI is InChI=1S/C15H21ClN4O/c1-2-19-7-9-20(10-8-19)12-15(21)18-17-11-13-3-5-14(16)6-4-13/h3-6,11H,2,7-10,12H2,1H3,(H,18,21)/b17-11+. The van der Waals surface area contributed by atoms with Crippen LogP contribution in [0, 0.1) is 0 Å². The molecule has 114 valence electrons. The molecule has 2 rings (SSSR count). The average molecular weight is 309 g/mol. The maximum atomic E-state index is 11.8. The van der Waals surface area contributed by atoms with E-state index in [0.29, 0.717) is 11.6 Å². The van der Waals surface area contributed by atoms with Crippen molar-refractivity contribution in [3.05, 3.63) is 34.9 Å². The van der Waals surface area contributed by atoms with Crippen LogP contribution >= 0.6 is 11.6 Å². The zero-order valence-corrected chi connectivity index (χ0v) is 13.0. The van der Waals surface area contributed by atoms with Crippen LogP contribution in [0.1, 0.15) is 12.5 Å². The Kier molecular flexibility index (Phi) is 6.17. The maximum absolute atomic E-state index is 11.8. The summed E-state index contributed by atoms with van der Waals surface area (Å²) in [6.07, 6.45) is 1.61. The fourth-order valence-electron chi connectivity index (χ4n) is 2.23. The van der Waals surface area contributed by atoms with E-state index < -0.39 is 0 Å². The van der Waals surface area contributed by atoms with Crippen LogP contribution in [0.4, 0.5) is 0 Å². The van der Waals surface area contributed by atoms with Gasteiger partial charge in [-0.3, -0.25) is 9.69 Å². The Morgan fingerprint density at radius 3 is 2.48 bits per heavy atom. The Morgan fingerprint density at radius 1 is 1.24 bits per heavy atom. The molecule has 1 saturated heterocycles. The van der Waals surface area contributed by atoms with Crippen LogP contribution in [-0.2, 0) is 4.79 Å². The van der Waals surface area contributed by atoms with Crippen molar-refractivity contribution < 1.29 is 4.79 Å². The van der Waals surface area contributed by atoms with Gasteiger partial charge in [0.1, 0.15) is 0 Å². The van der Waals surface area contributed by atoms with Crippen LogP contribution < -0.4 is 5.43 Å². The summed E-state index contributed by atoms with van der Waals surface area (Å²) in [4.78, 5) is 16.3. The van der Waals surface area contributed by atoms with E-state index in [9.17, 15) is 4.79 Å². The maximum Gasteiger partial charge on any atom is 0.254 e. The minimum Gasteiger partial charge on any atom is -0.301 e. The second-order valence-corrected chi connectivity index (χ2v) is 5.49. The highest BCUT2D eigenvalue weighted by molar-refractivity contribution is 6.30. The molecule has 1 aromatic rings. The molecule has 21 heavy (non-hydrogen) atoms. The van der Waals surface area contributed by atoms with Gasteiger partial charge in [0, 0.05) is 31.2 Å². The number of nitrogens with one attached hydrogen (secondary N) is 1. The predicted octanol–water partition coefficient (Wildman–Crippen LogP) is 1.43. The number of hydrogen-bond donors (Lipinski definition) is 1. The van der Waals surface area contributed by atoms with Crippen molar-refractivity contribution in [3.8, 4) is 0 Å². The van der Waals surface area contributed by atoms with Gasteiger partial charge in [0.2, 0.25) is 0 Å². The molecule has 1 aromatic carbocycles. The van der Waals surface area contributed by atoms with Crippen LogP contribution in [0.15, 0.2) is 29.4 Å². The van der Waals surface area contributed by atoms with E-state index >= 15 is 0 Å². The number of halogens is 1. The third-order valence-electron chi connectivity index (χ3n) is 3.55. The summed E-state index contributed by atoms with van der Waals surface area (Å²) in [5, 5.41) is 4.65. The van der Waals surface area contributed by atoms with Crippen molar-refractivity contribution in [2.75, 3.05) is 39.3 Å². The number of carbonyl (C=O) groups is 1. The van der Waals surface area contributed by atoms with E-state index in [1.807, 2.05) is 12.1 Å². The quantitative estimate of drug-likeness (QED) is 0.661. The van der Waals surface area contributed by atoms with E-state index in [2.05, 4.69) is 27.3 Å². The molecule has 1 N–H and O–H groups in total. The Balaban J connectivity index is 1.71. The van der Waals surface area contributed by atoms with Gasteiger partial charge in [0.05, 0.1) is 12.8 Å². The molecule has 1 fully saturated rings. The normalized spacial score (nSPS) is 17.2. The van der Waals surface area contributed by atoms with Crippen molar-refractivity contribution in [3.63, 3.8) is 0 Å². The molecule has 0 bridgehead atoms. The first-order valence-electron chi connectivity index (χ1n) is 7.19. The van der Waals surface area contributed by atoms with E-state index in [-0.39, 0.29) is 5.91 Å². The largest absolute Gasteiger partial charge is 0.301 e. The molecule has 0 aromatic heterocycles. The lowest BCUT2D eigenvalue weighted by atomic mass is 10.2. The minimum atomic E-state index is -0.0786. The summed E-state index contributed by atoms with van der Waals surface area (Å²) in [5.74, 6) is -0.0786. The van der Waals surface area contributed by atoms with E-state index in [1.54, 1.807) is 18.3 Å². The number of piperazine rings is 1. The fraction of sp³-hybridized carbons (Fsp3) is 0.467. The molecule has 0 spiro atoms. The highest BCUT2D eigenvalue weighted by Gasteiger charge is 2.17. The van der Waals surface area contributed by atoms with Crippen LogP contribution in [-0.4, -0.2) is 61.2 Å². The summed E-state index contributed by atoms with van der Waals surface area (Å²) in [7, 11) is 0. The van der Waals surface area contributed by atoms with E-state index in [0.717, 1.165) is 38.3 Å². The zero-order chi connectivity index (χ0) is 15.1. The molecule has 1 heterocycles. The predicted molar refractivity (Wildman–Crippen MR) is 85.7 cm³/mol. The molecular weight excluding hydrogens is 288 g/mol. The number of amides is 1. The first-order valence-corrected chi connectivity index (χ1v) is 7.57. The highest BCUT2D eigenvalue weighted by atomic mass is 35.5. The Morgan fingerprint density at radius 2 is 1.86 bits per heavy atom. The molecular formula is C15H21ClN4O. The smallest absolute Gasteiger partial charge is 0.254 e. The number of carbonyl (C=O) groups excluding carboxylic acids is 1. The third kappa shape index (κ3) is 5.46. The molecule has 0 aliphatic carbocycles. The molecule has 0 unspecified atom stereocenters. The molecule has 0 saturated carbocycles. The first kappa shape index (κ1) is 15.9. The topological polar surface area (TPSA) is 47.9 Å². The van der Waals surface area contributed by atoms with Gasteiger partial charge in [-0.15, -0.1) is 0 Å². The van der Waals surface area contributed by atoms with Gasteiger partial charge >= 0.3 is 0 Å². The SMILES string of the molecule is CCN1CCN(CC(=O)N/N=C/c2ccc(Cl)cc2)CC1. The van der Waals surface area contributed by atoms with Gasteiger partial charge in [-0.25, -0.2) is 5.43 Å². The van der Waals surface area contributed by atoms with E-state index in [1.165, 1.54) is 0 Å². The zero-order valence-electron chi connectivity index (χ0n) is 12.3. The van der Waals surface area contributed by atoms with Crippen LogP contribution in [0.25, 0.3) is 0 Å². The molecule has 1 aliphatic rings. The van der Waals surface area contributed by atoms with Crippen molar-refractivity contribution in [2.24, 2.45) is 5.10 Å². The Labute approximate surface area is 130 Å². The minimum absolute atomic E-state index is 0.0786. The Bertz CT molecular complexity index is 481. The molecule has 0 radical (unpaired) electrons. The van der Waals surface area contributed by atoms with E-state index in [4.69, 9.17) is 11.6 Å². The fourth-order valence-corrected chi connectivity index (χ4v) is 2.36. The van der Waals surface area contributed by atoms with Crippen LogP contribution in [0.5, 0.6) is 0 Å². The molecule has 1 aliphatic heterocycles.